The van der Waals surface area contributed by atoms with E-state index in [2.05, 4.69) is 59.2 Å². The summed E-state index contributed by atoms with van der Waals surface area (Å²) in [6, 6.07) is 29.0. The Morgan fingerprint density at radius 3 is 1.42 bits per heavy atom. The first-order valence-corrected chi connectivity index (χ1v) is 8.24. The molecule has 0 radical (unpaired) electrons. The first kappa shape index (κ1) is 14.7. The van der Waals surface area contributed by atoms with Gasteiger partial charge in [-0.3, -0.25) is 0 Å². The Hall–Kier alpha value is -2.91. The second-order valence-corrected chi connectivity index (χ2v) is 6.11. The molecule has 0 spiro atoms. The molecule has 0 fully saturated rings. The van der Waals surface area contributed by atoms with Crippen molar-refractivity contribution in [2.75, 3.05) is 10.6 Å². The minimum Gasteiger partial charge on any atom is -0.332 e. The van der Waals surface area contributed by atoms with Gasteiger partial charge in [0.05, 0.1) is 0 Å². The Morgan fingerprint density at radius 1 is 0.542 bits per heavy atom. The van der Waals surface area contributed by atoms with Gasteiger partial charge in [-0.15, -0.1) is 0 Å². The molecule has 3 heteroatoms. The van der Waals surface area contributed by atoms with Gasteiger partial charge in [0, 0.05) is 11.4 Å². The van der Waals surface area contributed by atoms with Crippen molar-refractivity contribution in [2.24, 2.45) is 0 Å². The summed E-state index contributed by atoms with van der Waals surface area (Å²) < 4.78 is 0. The molecule has 4 aromatic rings. The lowest BCUT2D eigenvalue weighted by Crippen LogP contribution is -2.18. The van der Waals surface area contributed by atoms with Gasteiger partial charge in [0.1, 0.15) is 0 Å². The van der Waals surface area contributed by atoms with E-state index in [1.165, 1.54) is 21.5 Å². The van der Waals surface area contributed by atoms with Gasteiger partial charge in [-0.2, -0.15) is 0 Å². The van der Waals surface area contributed by atoms with Gasteiger partial charge in [0.2, 0.25) is 0 Å². The minimum absolute atomic E-state index is 0.584. The maximum absolute atomic E-state index is 5.44. The Kier molecular flexibility index (Phi) is 3.85. The van der Waals surface area contributed by atoms with Gasteiger partial charge in [0.25, 0.3) is 0 Å². The largest absolute Gasteiger partial charge is 0.332 e. The molecule has 0 aliphatic heterocycles. The minimum atomic E-state index is 0.584. The predicted molar refractivity (Wildman–Crippen MR) is 108 cm³/mol. The molecule has 0 aliphatic rings. The van der Waals surface area contributed by atoms with Gasteiger partial charge in [-0.1, -0.05) is 60.7 Å². The molecule has 0 atom stereocenters. The number of anilines is 2. The van der Waals surface area contributed by atoms with Crippen molar-refractivity contribution in [1.29, 1.82) is 0 Å². The summed E-state index contributed by atoms with van der Waals surface area (Å²) in [6.45, 7) is 0. The van der Waals surface area contributed by atoms with Crippen molar-refractivity contribution in [3.8, 4) is 0 Å². The normalized spacial score (nSPS) is 10.7. The first-order chi connectivity index (χ1) is 11.8. The summed E-state index contributed by atoms with van der Waals surface area (Å²) >= 11 is 5.44. The number of benzene rings is 4. The number of hydrogen-bond acceptors (Lipinski definition) is 1. The van der Waals surface area contributed by atoms with Crippen LogP contribution < -0.4 is 10.6 Å². The van der Waals surface area contributed by atoms with Crippen molar-refractivity contribution in [2.45, 2.75) is 0 Å². The lowest BCUT2D eigenvalue weighted by atomic mass is 10.1. The molecule has 2 N–H and O–H groups in total. The third-order valence-electron chi connectivity index (χ3n) is 4.01. The molecule has 0 bridgehead atoms. The van der Waals surface area contributed by atoms with Crippen LogP contribution in [-0.2, 0) is 0 Å². The van der Waals surface area contributed by atoms with E-state index in [1.807, 2.05) is 36.4 Å². The highest BCUT2D eigenvalue weighted by Crippen LogP contribution is 2.21. The molecule has 0 saturated heterocycles. The average molecular weight is 328 g/mol. The van der Waals surface area contributed by atoms with Crippen LogP contribution in [0.25, 0.3) is 21.5 Å². The van der Waals surface area contributed by atoms with Crippen LogP contribution in [0.15, 0.2) is 84.9 Å². The van der Waals surface area contributed by atoms with E-state index < -0.39 is 0 Å². The molecule has 0 unspecified atom stereocenters. The standard InChI is InChI=1S/C21H16N2S/c24-21(22-19-11-9-15-5-1-3-7-17(15)13-19)23-20-12-10-16-6-2-4-8-18(16)14-20/h1-14H,(H2,22,23,24). The molecule has 24 heavy (non-hydrogen) atoms. The predicted octanol–water partition coefficient (Wildman–Crippen LogP) is 5.80. The lowest BCUT2D eigenvalue weighted by molar-refractivity contribution is 1.63. The lowest BCUT2D eigenvalue weighted by Gasteiger charge is -2.12. The van der Waals surface area contributed by atoms with Crippen LogP contribution in [0.4, 0.5) is 11.4 Å². The Labute approximate surface area is 146 Å². The van der Waals surface area contributed by atoms with E-state index in [-0.39, 0.29) is 0 Å². The van der Waals surface area contributed by atoms with Gasteiger partial charge in [-0.25, -0.2) is 0 Å². The highest BCUT2D eigenvalue weighted by Gasteiger charge is 2.01. The summed E-state index contributed by atoms with van der Waals surface area (Å²) in [6.07, 6.45) is 0. The Bertz CT molecular complexity index is 957. The SMILES string of the molecule is S=C(Nc1ccc2ccccc2c1)Nc1ccc2ccccc2c1. The number of thiocarbonyl (C=S) groups is 1. The number of rotatable bonds is 2. The summed E-state index contributed by atoms with van der Waals surface area (Å²) in [4.78, 5) is 0. The molecule has 0 amide bonds. The highest BCUT2D eigenvalue weighted by molar-refractivity contribution is 7.80. The molecular weight excluding hydrogens is 312 g/mol. The Balaban J connectivity index is 1.52. The van der Waals surface area contributed by atoms with Crippen molar-refractivity contribution in [1.82, 2.24) is 0 Å². The molecule has 4 rings (SSSR count). The fourth-order valence-electron chi connectivity index (χ4n) is 2.83. The zero-order valence-electron chi connectivity index (χ0n) is 13.0. The molecule has 116 valence electrons. The van der Waals surface area contributed by atoms with E-state index in [9.17, 15) is 0 Å². The second kappa shape index (κ2) is 6.30. The van der Waals surface area contributed by atoms with E-state index in [0.29, 0.717) is 5.11 Å². The molecule has 0 heterocycles. The van der Waals surface area contributed by atoms with E-state index in [4.69, 9.17) is 12.2 Å². The summed E-state index contributed by atoms with van der Waals surface area (Å²) in [5, 5.41) is 11.9. The van der Waals surface area contributed by atoms with Crippen LogP contribution >= 0.6 is 12.2 Å². The molecule has 0 aromatic heterocycles. The average Bonchev–Trinajstić information content (AvgIpc) is 2.61. The first-order valence-electron chi connectivity index (χ1n) is 7.83. The van der Waals surface area contributed by atoms with Crippen LogP contribution in [0, 0.1) is 0 Å². The van der Waals surface area contributed by atoms with E-state index in [0.717, 1.165) is 11.4 Å². The summed E-state index contributed by atoms with van der Waals surface area (Å²) in [5.74, 6) is 0. The van der Waals surface area contributed by atoms with Crippen molar-refractivity contribution in [3.05, 3.63) is 84.9 Å². The summed E-state index contributed by atoms with van der Waals surface area (Å²) in [5.41, 5.74) is 1.96. The third-order valence-corrected chi connectivity index (χ3v) is 4.22. The maximum atomic E-state index is 5.44. The molecule has 4 aromatic carbocycles. The smallest absolute Gasteiger partial charge is 0.175 e. The van der Waals surface area contributed by atoms with E-state index in [1.54, 1.807) is 0 Å². The zero-order valence-corrected chi connectivity index (χ0v) is 13.8. The van der Waals surface area contributed by atoms with Crippen LogP contribution in [0.3, 0.4) is 0 Å². The fourth-order valence-corrected chi connectivity index (χ4v) is 3.06. The number of hydrogen-bond donors (Lipinski definition) is 2. The van der Waals surface area contributed by atoms with E-state index >= 15 is 0 Å². The van der Waals surface area contributed by atoms with Crippen molar-refractivity contribution >= 4 is 50.2 Å². The van der Waals surface area contributed by atoms with Gasteiger partial charge >= 0.3 is 0 Å². The van der Waals surface area contributed by atoms with Crippen molar-refractivity contribution < 1.29 is 0 Å². The number of nitrogens with one attached hydrogen (secondary N) is 2. The van der Waals surface area contributed by atoms with Gasteiger partial charge < -0.3 is 10.6 Å². The van der Waals surface area contributed by atoms with Crippen LogP contribution in [-0.4, -0.2) is 5.11 Å². The molecular formula is C21H16N2S. The van der Waals surface area contributed by atoms with Gasteiger partial charge in [0.15, 0.2) is 5.11 Å². The topological polar surface area (TPSA) is 24.1 Å². The fraction of sp³-hybridized carbons (Fsp3) is 0. The van der Waals surface area contributed by atoms with Crippen molar-refractivity contribution in [3.63, 3.8) is 0 Å². The summed E-state index contributed by atoms with van der Waals surface area (Å²) in [7, 11) is 0. The zero-order chi connectivity index (χ0) is 16.4. The molecule has 0 saturated carbocycles. The molecule has 0 aliphatic carbocycles. The third kappa shape index (κ3) is 3.07. The van der Waals surface area contributed by atoms with Crippen LogP contribution in [0.1, 0.15) is 0 Å². The monoisotopic (exact) mass is 328 g/mol. The highest BCUT2D eigenvalue weighted by atomic mass is 32.1. The maximum Gasteiger partial charge on any atom is 0.175 e. The van der Waals surface area contributed by atoms with Crippen LogP contribution in [0.5, 0.6) is 0 Å². The number of fused-ring (bicyclic) bond motifs is 2. The van der Waals surface area contributed by atoms with Crippen LogP contribution in [0.2, 0.25) is 0 Å². The second-order valence-electron chi connectivity index (χ2n) is 5.70. The quantitative estimate of drug-likeness (QED) is 0.455. The molecule has 2 nitrogen and oxygen atoms in total. The van der Waals surface area contributed by atoms with Gasteiger partial charge in [-0.05, 0) is 58.0 Å². The Morgan fingerprint density at radius 2 is 0.958 bits per heavy atom.